The third kappa shape index (κ3) is 9.22. The number of allylic oxidation sites excluding steroid dienone is 1. The van der Waals surface area contributed by atoms with Gasteiger partial charge in [0.25, 0.3) is 5.79 Å². The number of aliphatic hydroxyl groups is 1. The first-order chi connectivity index (χ1) is 14.0. The van der Waals surface area contributed by atoms with Gasteiger partial charge in [0.2, 0.25) is 0 Å². The van der Waals surface area contributed by atoms with Gasteiger partial charge in [-0.2, -0.15) is 0 Å². The summed E-state index contributed by atoms with van der Waals surface area (Å²) in [7, 11) is 0. The van der Waals surface area contributed by atoms with E-state index in [1.807, 2.05) is 0 Å². The fraction of sp³-hybridized carbons (Fsp3) is 0.833. The van der Waals surface area contributed by atoms with Crippen molar-refractivity contribution in [2.75, 3.05) is 0 Å². The second-order valence-electron chi connectivity index (χ2n) is 8.21. The van der Waals surface area contributed by atoms with Crippen LogP contribution in [0.4, 0.5) is 0 Å². The molecule has 0 saturated carbocycles. The Kier molecular flexibility index (Phi) is 12.7. The molecule has 1 aliphatic rings. The van der Waals surface area contributed by atoms with E-state index in [9.17, 15) is 14.7 Å². The molecular formula is C24H42O5. The molecule has 0 aromatic heterocycles. The summed E-state index contributed by atoms with van der Waals surface area (Å²) >= 11 is 0. The van der Waals surface area contributed by atoms with Crippen molar-refractivity contribution in [3.63, 3.8) is 0 Å². The fourth-order valence-corrected chi connectivity index (χ4v) is 3.75. The molecule has 0 aromatic carbocycles. The van der Waals surface area contributed by atoms with Crippen LogP contribution in [0.2, 0.25) is 0 Å². The summed E-state index contributed by atoms with van der Waals surface area (Å²) in [6.45, 7) is 5.84. The van der Waals surface area contributed by atoms with Crippen LogP contribution in [0, 0.1) is 0 Å². The van der Waals surface area contributed by atoms with Gasteiger partial charge in [0, 0.05) is 19.3 Å². The molecule has 0 radical (unpaired) electrons. The summed E-state index contributed by atoms with van der Waals surface area (Å²) in [6, 6.07) is 0. The summed E-state index contributed by atoms with van der Waals surface area (Å²) in [5.41, 5.74) is -0.332. The van der Waals surface area contributed by atoms with Gasteiger partial charge in [0.05, 0.1) is 0 Å². The molecule has 0 atom stereocenters. The topological polar surface area (TPSA) is 72.8 Å². The Bertz CT molecular complexity index is 497. The molecule has 168 valence electrons. The maximum absolute atomic E-state index is 12.2. The van der Waals surface area contributed by atoms with Gasteiger partial charge >= 0.3 is 11.9 Å². The van der Waals surface area contributed by atoms with E-state index in [0.717, 1.165) is 19.3 Å². The largest absolute Gasteiger partial charge is 0.511 e. The molecular weight excluding hydrogens is 368 g/mol. The summed E-state index contributed by atoms with van der Waals surface area (Å²) < 4.78 is 10.6. The highest BCUT2D eigenvalue weighted by atomic mass is 16.7. The van der Waals surface area contributed by atoms with Gasteiger partial charge in [-0.25, -0.2) is 9.59 Å². The van der Waals surface area contributed by atoms with E-state index in [4.69, 9.17) is 9.47 Å². The molecule has 29 heavy (non-hydrogen) atoms. The molecule has 0 aromatic rings. The quantitative estimate of drug-likeness (QED) is 0.0985. The molecule has 0 unspecified atom stereocenters. The lowest BCUT2D eigenvalue weighted by Gasteiger charge is -2.34. The highest BCUT2D eigenvalue weighted by Crippen LogP contribution is 2.31. The van der Waals surface area contributed by atoms with Crippen molar-refractivity contribution in [3.8, 4) is 0 Å². The average Bonchev–Trinajstić information content (AvgIpc) is 2.70. The van der Waals surface area contributed by atoms with Gasteiger partial charge in [0.1, 0.15) is 5.76 Å². The summed E-state index contributed by atoms with van der Waals surface area (Å²) in [5.74, 6) is -2.92. The van der Waals surface area contributed by atoms with E-state index in [2.05, 4.69) is 6.92 Å². The van der Waals surface area contributed by atoms with Crippen LogP contribution in [-0.2, 0) is 19.1 Å². The van der Waals surface area contributed by atoms with E-state index in [1.165, 1.54) is 64.2 Å². The lowest BCUT2D eigenvalue weighted by atomic mass is 10.0. The van der Waals surface area contributed by atoms with Crippen LogP contribution in [0.5, 0.6) is 0 Å². The molecule has 0 aliphatic carbocycles. The number of hydrogen-bond acceptors (Lipinski definition) is 5. The minimum absolute atomic E-state index is 0.205. The first kappa shape index (κ1) is 25.5. The molecule has 1 aliphatic heterocycles. The molecule has 0 bridgehead atoms. The molecule has 1 saturated heterocycles. The standard InChI is InChI=1S/C24H42O5/c1-4-7-8-9-10-11-12-13-14-15-16-17-18-19-20(25)21-22(26)28-24(5-2,6-3)29-23(21)27/h25H,4-19H2,1-3H3. The molecule has 0 spiro atoms. The Balaban J connectivity index is 2.15. The summed E-state index contributed by atoms with van der Waals surface area (Å²) in [4.78, 5) is 24.3. The Morgan fingerprint density at radius 3 is 1.45 bits per heavy atom. The van der Waals surface area contributed by atoms with Crippen LogP contribution in [-0.4, -0.2) is 22.8 Å². The monoisotopic (exact) mass is 410 g/mol. The van der Waals surface area contributed by atoms with Crippen LogP contribution in [0.15, 0.2) is 11.3 Å². The van der Waals surface area contributed by atoms with Crippen LogP contribution in [0.25, 0.3) is 0 Å². The van der Waals surface area contributed by atoms with Crippen LogP contribution < -0.4 is 0 Å². The highest BCUT2D eigenvalue weighted by molar-refractivity contribution is 6.15. The Hall–Kier alpha value is -1.52. The Labute approximate surface area is 177 Å². The van der Waals surface area contributed by atoms with Crippen molar-refractivity contribution in [2.24, 2.45) is 0 Å². The fourth-order valence-electron chi connectivity index (χ4n) is 3.75. The van der Waals surface area contributed by atoms with E-state index in [-0.39, 0.29) is 11.3 Å². The lowest BCUT2D eigenvalue weighted by molar-refractivity contribution is -0.237. The minimum Gasteiger partial charge on any atom is -0.511 e. The Morgan fingerprint density at radius 2 is 1.07 bits per heavy atom. The van der Waals surface area contributed by atoms with E-state index in [1.54, 1.807) is 13.8 Å². The van der Waals surface area contributed by atoms with Crippen molar-refractivity contribution >= 4 is 11.9 Å². The van der Waals surface area contributed by atoms with Crippen molar-refractivity contribution in [2.45, 2.75) is 129 Å². The molecule has 5 heteroatoms. The first-order valence-corrected chi connectivity index (χ1v) is 11.9. The molecule has 1 fully saturated rings. The first-order valence-electron chi connectivity index (χ1n) is 11.9. The summed E-state index contributed by atoms with van der Waals surface area (Å²) in [5, 5.41) is 10.2. The number of carbonyl (C=O) groups is 2. The molecule has 0 amide bonds. The molecule has 1 heterocycles. The van der Waals surface area contributed by atoms with E-state index >= 15 is 0 Å². The smallest absolute Gasteiger partial charge is 0.352 e. The average molecular weight is 411 g/mol. The highest BCUT2D eigenvalue weighted by Gasteiger charge is 2.45. The number of cyclic esters (lactones) is 2. The van der Waals surface area contributed by atoms with E-state index < -0.39 is 17.7 Å². The molecule has 1 N–H and O–H groups in total. The van der Waals surface area contributed by atoms with E-state index in [0.29, 0.717) is 19.3 Å². The number of unbranched alkanes of at least 4 members (excludes halogenated alkanes) is 12. The molecule has 1 rings (SSSR count). The molecule has 5 nitrogen and oxygen atoms in total. The normalized spacial score (nSPS) is 15.9. The van der Waals surface area contributed by atoms with Crippen molar-refractivity contribution in [1.82, 2.24) is 0 Å². The third-order valence-corrected chi connectivity index (χ3v) is 5.85. The van der Waals surface area contributed by atoms with Gasteiger partial charge in [-0.1, -0.05) is 97.8 Å². The van der Waals surface area contributed by atoms with Crippen molar-refractivity contribution in [3.05, 3.63) is 11.3 Å². The predicted octanol–water partition coefficient (Wildman–Crippen LogP) is 6.90. The van der Waals surface area contributed by atoms with Crippen molar-refractivity contribution < 1.29 is 24.2 Å². The summed E-state index contributed by atoms with van der Waals surface area (Å²) in [6.07, 6.45) is 17.2. The third-order valence-electron chi connectivity index (χ3n) is 5.85. The van der Waals surface area contributed by atoms with Gasteiger partial charge in [0.15, 0.2) is 5.57 Å². The minimum atomic E-state index is -1.19. The maximum Gasteiger partial charge on any atom is 0.352 e. The second kappa shape index (κ2) is 14.5. The number of aliphatic hydroxyl groups excluding tert-OH is 1. The van der Waals surface area contributed by atoms with Crippen LogP contribution in [0.1, 0.15) is 124 Å². The van der Waals surface area contributed by atoms with Gasteiger partial charge < -0.3 is 14.6 Å². The number of rotatable bonds is 16. The zero-order valence-corrected chi connectivity index (χ0v) is 18.9. The van der Waals surface area contributed by atoms with Crippen LogP contribution >= 0.6 is 0 Å². The van der Waals surface area contributed by atoms with Crippen LogP contribution in [0.3, 0.4) is 0 Å². The van der Waals surface area contributed by atoms with Gasteiger partial charge in [-0.3, -0.25) is 0 Å². The lowest BCUT2D eigenvalue weighted by Crippen LogP contribution is -2.46. The number of carbonyl (C=O) groups excluding carboxylic acids is 2. The van der Waals surface area contributed by atoms with Crippen molar-refractivity contribution in [1.29, 1.82) is 0 Å². The SMILES string of the molecule is CCCCCCCCCCCCCCCC(O)=C1C(=O)OC(CC)(CC)OC1=O. The zero-order chi connectivity index (χ0) is 21.5. The number of esters is 2. The second-order valence-corrected chi connectivity index (χ2v) is 8.21. The number of ether oxygens (including phenoxy) is 2. The van der Waals surface area contributed by atoms with Gasteiger partial charge in [-0.05, 0) is 6.42 Å². The van der Waals surface area contributed by atoms with Gasteiger partial charge in [-0.15, -0.1) is 0 Å². The number of hydrogen-bond donors (Lipinski definition) is 1. The maximum atomic E-state index is 12.2. The zero-order valence-electron chi connectivity index (χ0n) is 18.9. The predicted molar refractivity (Wildman–Crippen MR) is 115 cm³/mol. The Morgan fingerprint density at radius 1 is 0.690 bits per heavy atom.